The van der Waals surface area contributed by atoms with Crippen molar-refractivity contribution in [1.29, 1.82) is 0 Å². The van der Waals surface area contributed by atoms with E-state index in [4.69, 9.17) is 9.84 Å². The van der Waals surface area contributed by atoms with Crippen LogP contribution in [0.3, 0.4) is 0 Å². The van der Waals surface area contributed by atoms with Crippen LogP contribution in [0.1, 0.15) is 31.2 Å². The van der Waals surface area contributed by atoms with Crippen LogP contribution < -0.4 is 4.74 Å². The number of benzene rings is 1. The first-order valence-corrected chi connectivity index (χ1v) is 5.84. The maximum Gasteiger partial charge on any atom is 0.208 e. The monoisotopic (exact) mass is 222 g/mol. The fraction of sp³-hybridized carbons (Fsp3) is 0.538. The maximum atomic E-state index is 10.2. The molecule has 1 aliphatic rings. The first-order chi connectivity index (χ1) is 7.73. The number of hydrogen-bond donors (Lipinski definition) is 2. The lowest BCUT2D eigenvalue weighted by Crippen LogP contribution is -2.32. The van der Waals surface area contributed by atoms with Crippen LogP contribution in [0.25, 0.3) is 0 Å². The molecule has 0 spiro atoms. The average molecular weight is 222 g/mol. The highest BCUT2D eigenvalue weighted by Gasteiger charge is 2.33. The largest absolute Gasteiger partial charge is 0.462 e. The van der Waals surface area contributed by atoms with Gasteiger partial charge in [-0.3, -0.25) is 0 Å². The van der Waals surface area contributed by atoms with Gasteiger partial charge in [0.05, 0.1) is 0 Å². The third kappa shape index (κ3) is 2.54. The Balaban J connectivity index is 2.13. The summed E-state index contributed by atoms with van der Waals surface area (Å²) in [7, 11) is 0. The summed E-state index contributed by atoms with van der Waals surface area (Å²) in [5, 5.41) is 19.1. The molecule has 0 unspecified atom stereocenters. The Morgan fingerprint density at radius 3 is 2.56 bits per heavy atom. The number of para-hydroxylation sites is 1. The summed E-state index contributed by atoms with van der Waals surface area (Å²) < 4.78 is 5.69. The molecule has 1 fully saturated rings. The molecule has 0 aliphatic heterocycles. The summed E-state index contributed by atoms with van der Waals surface area (Å²) >= 11 is 0. The summed E-state index contributed by atoms with van der Waals surface area (Å²) in [6.07, 6.45) is 3.98. The van der Waals surface area contributed by atoms with E-state index >= 15 is 0 Å². The van der Waals surface area contributed by atoms with Crippen LogP contribution in [0.15, 0.2) is 24.3 Å². The minimum Gasteiger partial charge on any atom is -0.462 e. The van der Waals surface area contributed by atoms with Crippen molar-refractivity contribution in [2.75, 3.05) is 6.61 Å². The highest BCUT2D eigenvalue weighted by molar-refractivity contribution is 5.33. The Bertz CT molecular complexity index is 343. The van der Waals surface area contributed by atoms with Crippen molar-refractivity contribution in [2.24, 2.45) is 0 Å². The second-order valence-electron chi connectivity index (χ2n) is 4.34. The highest BCUT2D eigenvalue weighted by atomic mass is 16.6. The van der Waals surface area contributed by atoms with Gasteiger partial charge < -0.3 is 14.9 Å². The SMILES string of the molecule is OCCc1ccccc1OC1(O)CCCC1. The zero-order chi connectivity index (χ0) is 11.4. The van der Waals surface area contributed by atoms with Gasteiger partial charge in [0.25, 0.3) is 0 Å². The molecule has 16 heavy (non-hydrogen) atoms. The molecular weight excluding hydrogens is 204 g/mol. The number of ether oxygens (including phenoxy) is 1. The van der Waals surface area contributed by atoms with Gasteiger partial charge in [-0.15, -0.1) is 0 Å². The normalized spacial score (nSPS) is 18.6. The van der Waals surface area contributed by atoms with E-state index in [1.807, 2.05) is 24.3 Å². The Morgan fingerprint density at radius 2 is 1.88 bits per heavy atom. The lowest BCUT2D eigenvalue weighted by atomic mass is 10.1. The van der Waals surface area contributed by atoms with Gasteiger partial charge in [0.15, 0.2) is 0 Å². The van der Waals surface area contributed by atoms with Gasteiger partial charge in [0, 0.05) is 19.4 Å². The van der Waals surface area contributed by atoms with Crippen molar-refractivity contribution < 1.29 is 14.9 Å². The van der Waals surface area contributed by atoms with Crippen LogP contribution in [-0.2, 0) is 6.42 Å². The van der Waals surface area contributed by atoms with Crippen molar-refractivity contribution in [3.63, 3.8) is 0 Å². The lowest BCUT2D eigenvalue weighted by molar-refractivity contribution is -0.130. The summed E-state index contributed by atoms with van der Waals surface area (Å²) in [4.78, 5) is 0. The molecule has 1 aliphatic carbocycles. The molecule has 1 aromatic rings. The van der Waals surface area contributed by atoms with E-state index in [0.717, 1.165) is 18.4 Å². The Hall–Kier alpha value is -1.06. The van der Waals surface area contributed by atoms with Crippen LogP contribution in [-0.4, -0.2) is 22.6 Å². The van der Waals surface area contributed by atoms with E-state index in [-0.39, 0.29) is 6.61 Å². The molecule has 2 rings (SSSR count). The smallest absolute Gasteiger partial charge is 0.208 e. The van der Waals surface area contributed by atoms with E-state index in [0.29, 0.717) is 25.0 Å². The molecule has 2 N–H and O–H groups in total. The number of aliphatic hydroxyl groups excluding tert-OH is 1. The van der Waals surface area contributed by atoms with Crippen molar-refractivity contribution in [3.05, 3.63) is 29.8 Å². The van der Waals surface area contributed by atoms with Gasteiger partial charge in [0.2, 0.25) is 5.79 Å². The van der Waals surface area contributed by atoms with Gasteiger partial charge >= 0.3 is 0 Å². The molecule has 0 amide bonds. The van der Waals surface area contributed by atoms with Crippen LogP contribution in [0.5, 0.6) is 5.75 Å². The molecule has 0 bridgehead atoms. The van der Waals surface area contributed by atoms with E-state index in [9.17, 15) is 5.11 Å². The van der Waals surface area contributed by atoms with Crippen LogP contribution in [0, 0.1) is 0 Å². The zero-order valence-corrected chi connectivity index (χ0v) is 9.35. The third-order valence-corrected chi connectivity index (χ3v) is 3.04. The van der Waals surface area contributed by atoms with Crippen molar-refractivity contribution in [3.8, 4) is 5.75 Å². The van der Waals surface area contributed by atoms with E-state index in [1.165, 1.54) is 0 Å². The maximum absolute atomic E-state index is 10.2. The molecule has 0 heterocycles. The van der Waals surface area contributed by atoms with Gasteiger partial charge in [0.1, 0.15) is 5.75 Å². The van der Waals surface area contributed by atoms with Gasteiger partial charge in [-0.1, -0.05) is 18.2 Å². The molecular formula is C13H18O3. The van der Waals surface area contributed by atoms with Crippen LogP contribution in [0.2, 0.25) is 0 Å². The molecule has 0 saturated heterocycles. The molecule has 1 aromatic carbocycles. The standard InChI is InChI=1S/C13H18O3/c14-10-7-11-5-1-2-6-12(11)16-13(15)8-3-4-9-13/h1-2,5-6,14-15H,3-4,7-10H2. The summed E-state index contributed by atoms with van der Waals surface area (Å²) in [5.41, 5.74) is 0.949. The summed E-state index contributed by atoms with van der Waals surface area (Å²) in [6, 6.07) is 7.57. The van der Waals surface area contributed by atoms with Crippen LogP contribution in [0.4, 0.5) is 0 Å². The molecule has 88 valence electrons. The predicted octanol–water partition coefficient (Wildman–Crippen LogP) is 1.86. The van der Waals surface area contributed by atoms with E-state index in [2.05, 4.69) is 0 Å². The second kappa shape index (κ2) is 4.85. The zero-order valence-electron chi connectivity index (χ0n) is 9.35. The Morgan fingerprint density at radius 1 is 1.19 bits per heavy atom. The molecule has 0 atom stereocenters. The van der Waals surface area contributed by atoms with Gasteiger partial charge in [-0.2, -0.15) is 0 Å². The number of hydrogen-bond acceptors (Lipinski definition) is 3. The third-order valence-electron chi connectivity index (χ3n) is 3.04. The van der Waals surface area contributed by atoms with Crippen molar-refractivity contribution in [1.82, 2.24) is 0 Å². The second-order valence-corrected chi connectivity index (χ2v) is 4.34. The number of aliphatic hydroxyl groups is 2. The molecule has 3 heteroatoms. The fourth-order valence-corrected chi connectivity index (χ4v) is 2.16. The Kier molecular flexibility index (Phi) is 3.46. The van der Waals surface area contributed by atoms with E-state index in [1.54, 1.807) is 0 Å². The Labute approximate surface area is 95.7 Å². The average Bonchev–Trinajstić information content (AvgIpc) is 2.68. The van der Waals surface area contributed by atoms with E-state index < -0.39 is 5.79 Å². The quantitative estimate of drug-likeness (QED) is 0.764. The minimum atomic E-state index is -0.994. The fourth-order valence-electron chi connectivity index (χ4n) is 2.16. The van der Waals surface area contributed by atoms with Crippen molar-refractivity contribution in [2.45, 2.75) is 37.9 Å². The summed E-state index contributed by atoms with van der Waals surface area (Å²) in [5.74, 6) is -0.299. The minimum absolute atomic E-state index is 0.0960. The lowest BCUT2D eigenvalue weighted by Gasteiger charge is -2.25. The highest BCUT2D eigenvalue weighted by Crippen LogP contribution is 2.33. The first-order valence-electron chi connectivity index (χ1n) is 5.84. The molecule has 3 nitrogen and oxygen atoms in total. The van der Waals surface area contributed by atoms with Crippen molar-refractivity contribution >= 4 is 0 Å². The van der Waals surface area contributed by atoms with Crippen LogP contribution >= 0.6 is 0 Å². The molecule has 0 radical (unpaired) electrons. The molecule has 0 aromatic heterocycles. The number of rotatable bonds is 4. The first kappa shape index (κ1) is 11.4. The van der Waals surface area contributed by atoms with Gasteiger partial charge in [-0.25, -0.2) is 0 Å². The topological polar surface area (TPSA) is 49.7 Å². The predicted molar refractivity (Wildman–Crippen MR) is 61.3 cm³/mol. The molecule has 1 saturated carbocycles. The summed E-state index contributed by atoms with van der Waals surface area (Å²) in [6.45, 7) is 0.0960. The van der Waals surface area contributed by atoms with Gasteiger partial charge in [-0.05, 0) is 30.9 Å².